The molecule has 4 N–H and O–H groups in total. The van der Waals surface area contributed by atoms with Crippen molar-refractivity contribution in [1.82, 2.24) is 5.32 Å². The maximum absolute atomic E-state index is 11.5. The van der Waals surface area contributed by atoms with Crippen molar-refractivity contribution in [3.05, 3.63) is 35.4 Å². The molecule has 92 valence electrons. The fraction of sp³-hybridized carbons (Fsp3) is 0.333. The number of carbonyl (C=O) groups excluding carboxylic acids is 2. The molecule has 1 unspecified atom stereocenters. The van der Waals surface area contributed by atoms with Gasteiger partial charge in [0.2, 0.25) is 11.8 Å². The second-order valence-electron chi connectivity index (χ2n) is 3.88. The molecule has 2 amide bonds. The first kappa shape index (κ1) is 13.2. The van der Waals surface area contributed by atoms with Crippen LogP contribution in [0.3, 0.4) is 0 Å². The first-order valence-electron chi connectivity index (χ1n) is 5.28. The number of primary amides is 1. The van der Waals surface area contributed by atoms with Crippen molar-refractivity contribution in [2.45, 2.75) is 19.4 Å². The van der Waals surface area contributed by atoms with Crippen molar-refractivity contribution in [2.75, 3.05) is 6.54 Å². The van der Waals surface area contributed by atoms with Crippen molar-refractivity contribution in [3.63, 3.8) is 0 Å². The van der Waals surface area contributed by atoms with Gasteiger partial charge in [0.15, 0.2) is 0 Å². The average Bonchev–Trinajstić information content (AvgIpc) is 2.29. The van der Waals surface area contributed by atoms with Crippen LogP contribution < -0.4 is 11.1 Å². The SMILES string of the molecule is Cc1ccc(CC(=O)NCC(O)C(N)=O)cc1. The molecule has 0 aromatic heterocycles. The summed E-state index contributed by atoms with van der Waals surface area (Å²) < 4.78 is 0. The molecule has 0 radical (unpaired) electrons. The molecule has 1 atom stereocenters. The molecule has 0 spiro atoms. The van der Waals surface area contributed by atoms with Gasteiger partial charge in [-0.2, -0.15) is 0 Å². The molecule has 0 bridgehead atoms. The second kappa shape index (κ2) is 6.00. The normalized spacial score (nSPS) is 11.9. The van der Waals surface area contributed by atoms with E-state index in [1.807, 2.05) is 31.2 Å². The van der Waals surface area contributed by atoms with Gasteiger partial charge < -0.3 is 16.2 Å². The molecule has 0 aliphatic carbocycles. The number of aliphatic hydroxyl groups is 1. The van der Waals surface area contributed by atoms with Gasteiger partial charge in [0.05, 0.1) is 13.0 Å². The molecular weight excluding hydrogens is 220 g/mol. The van der Waals surface area contributed by atoms with E-state index < -0.39 is 12.0 Å². The fourth-order valence-corrected chi connectivity index (χ4v) is 1.26. The summed E-state index contributed by atoms with van der Waals surface area (Å²) in [5.41, 5.74) is 6.85. The number of carbonyl (C=O) groups is 2. The monoisotopic (exact) mass is 236 g/mol. The first-order valence-corrected chi connectivity index (χ1v) is 5.28. The summed E-state index contributed by atoms with van der Waals surface area (Å²) in [6, 6.07) is 7.56. The van der Waals surface area contributed by atoms with Crippen LogP contribution in [0.1, 0.15) is 11.1 Å². The zero-order valence-corrected chi connectivity index (χ0v) is 9.64. The summed E-state index contributed by atoms with van der Waals surface area (Å²) >= 11 is 0. The molecule has 0 aliphatic heterocycles. The van der Waals surface area contributed by atoms with E-state index in [-0.39, 0.29) is 18.9 Å². The van der Waals surface area contributed by atoms with Crippen LogP contribution in [0.2, 0.25) is 0 Å². The third kappa shape index (κ3) is 4.65. The van der Waals surface area contributed by atoms with Crippen LogP contribution >= 0.6 is 0 Å². The average molecular weight is 236 g/mol. The Hall–Kier alpha value is -1.88. The predicted molar refractivity (Wildman–Crippen MR) is 63.1 cm³/mol. The summed E-state index contributed by atoms with van der Waals surface area (Å²) in [5, 5.41) is 11.5. The highest BCUT2D eigenvalue weighted by molar-refractivity contribution is 5.81. The lowest BCUT2D eigenvalue weighted by molar-refractivity contribution is -0.126. The molecule has 0 heterocycles. The zero-order valence-electron chi connectivity index (χ0n) is 9.64. The minimum atomic E-state index is -1.34. The van der Waals surface area contributed by atoms with Gasteiger partial charge in [-0.3, -0.25) is 9.59 Å². The van der Waals surface area contributed by atoms with Crippen molar-refractivity contribution in [3.8, 4) is 0 Å². The van der Waals surface area contributed by atoms with E-state index in [9.17, 15) is 9.59 Å². The molecule has 1 rings (SSSR count). The van der Waals surface area contributed by atoms with E-state index in [1.54, 1.807) is 0 Å². The van der Waals surface area contributed by atoms with E-state index in [2.05, 4.69) is 5.32 Å². The highest BCUT2D eigenvalue weighted by Crippen LogP contribution is 2.03. The lowest BCUT2D eigenvalue weighted by Crippen LogP contribution is -2.40. The highest BCUT2D eigenvalue weighted by atomic mass is 16.3. The summed E-state index contributed by atoms with van der Waals surface area (Å²) in [4.78, 5) is 22.0. The second-order valence-corrected chi connectivity index (χ2v) is 3.88. The third-order valence-corrected chi connectivity index (χ3v) is 2.31. The Balaban J connectivity index is 2.39. The Morgan fingerprint density at radius 2 is 1.94 bits per heavy atom. The molecule has 0 saturated carbocycles. The smallest absolute Gasteiger partial charge is 0.248 e. The molecule has 17 heavy (non-hydrogen) atoms. The van der Waals surface area contributed by atoms with Crippen LogP contribution in [0.4, 0.5) is 0 Å². The topological polar surface area (TPSA) is 92.4 Å². The maximum atomic E-state index is 11.5. The number of hydrogen-bond acceptors (Lipinski definition) is 3. The van der Waals surface area contributed by atoms with Gasteiger partial charge in [-0.05, 0) is 12.5 Å². The van der Waals surface area contributed by atoms with Crippen LogP contribution in [0, 0.1) is 6.92 Å². The number of aryl methyl sites for hydroxylation is 1. The molecule has 0 saturated heterocycles. The quantitative estimate of drug-likeness (QED) is 0.643. The lowest BCUT2D eigenvalue weighted by Gasteiger charge is -2.08. The van der Waals surface area contributed by atoms with Gasteiger partial charge in [-0.1, -0.05) is 29.8 Å². The van der Waals surface area contributed by atoms with Crippen molar-refractivity contribution >= 4 is 11.8 Å². The van der Waals surface area contributed by atoms with Crippen molar-refractivity contribution < 1.29 is 14.7 Å². The Kier molecular flexibility index (Phi) is 4.66. The van der Waals surface area contributed by atoms with E-state index in [0.717, 1.165) is 11.1 Å². The molecular formula is C12H16N2O3. The number of nitrogens with two attached hydrogens (primary N) is 1. The van der Waals surface area contributed by atoms with E-state index in [1.165, 1.54) is 0 Å². The van der Waals surface area contributed by atoms with Crippen LogP contribution in [0.25, 0.3) is 0 Å². The standard InChI is InChI=1S/C12H16N2O3/c1-8-2-4-9(5-3-8)6-11(16)14-7-10(15)12(13)17/h2-5,10,15H,6-7H2,1H3,(H2,13,17)(H,14,16). The number of rotatable bonds is 5. The minimum absolute atomic E-state index is 0.153. The predicted octanol–water partition coefficient (Wildman–Crippen LogP) is -0.500. The van der Waals surface area contributed by atoms with E-state index in [4.69, 9.17) is 10.8 Å². The fourth-order valence-electron chi connectivity index (χ4n) is 1.26. The number of aliphatic hydroxyl groups excluding tert-OH is 1. The van der Waals surface area contributed by atoms with Crippen LogP contribution in [0.15, 0.2) is 24.3 Å². The molecule has 0 aliphatic rings. The number of benzene rings is 1. The van der Waals surface area contributed by atoms with E-state index in [0.29, 0.717) is 0 Å². The molecule has 0 fully saturated rings. The van der Waals surface area contributed by atoms with Gasteiger partial charge in [-0.15, -0.1) is 0 Å². The summed E-state index contributed by atoms with van der Waals surface area (Å²) in [7, 11) is 0. The Bertz CT molecular complexity index is 401. The van der Waals surface area contributed by atoms with Crippen LogP contribution in [-0.4, -0.2) is 29.6 Å². The first-order chi connectivity index (χ1) is 7.99. The number of hydrogen-bond donors (Lipinski definition) is 3. The minimum Gasteiger partial charge on any atom is -0.381 e. The maximum Gasteiger partial charge on any atom is 0.248 e. The molecule has 1 aromatic carbocycles. The van der Waals surface area contributed by atoms with Gasteiger partial charge in [0, 0.05) is 0 Å². The summed E-state index contributed by atoms with van der Waals surface area (Å²) in [6.45, 7) is 1.81. The van der Waals surface area contributed by atoms with Gasteiger partial charge >= 0.3 is 0 Å². The molecule has 1 aromatic rings. The van der Waals surface area contributed by atoms with E-state index >= 15 is 0 Å². The summed E-state index contributed by atoms with van der Waals surface area (Å²) in [6.07, 6.45) is -1.12. The molecule has 5 nitrogen and oxygen atoms in total. The van der Waals surface area contributed by atoms with Crippen LogP contribution in [0.5, 0.6) is 0 Å². The lowest BCUT2D eigenvalue weighted by atomic mass is 10.1. The Morgan fingerprint density at radius 1 is 1.35 bits per heavy atom. The number of nitrogens with one attached hydrogen (secondary N) is 1. The largest absolute Gasteiger partial charge is 0.381 e. The zero-order chi connectivity index (χ0) is 12.8. The van der Waals surface area contributed by atoms with Gasteiger partial charge in [-0.25, -0.2) is 0 Å². The Labute approximate surface area is 99.6 Å². The van der Waals surface area contributed by atoms with Crippen molar-refractivity contribution in [2.24, 2.45) is 5.73 Å². The van der Waals surface area contributed by atoms with Gasteiger partial charge in [0.1, 0.15) is 6.10 Å². The van der Waals surface area contributed by atoms with Crippen molar-refractivity contribution in [1.29, 1.82) is 0 Å². The Morgan fingerprint density at radius 3 is 2.47 bits per heavy atom. The number of amides is 2. The molecule has 5 heteroatoms. The summed E-state index contributed by atoms with van der Waals surface area (Å²) in [5.74, 6) is -1.10. The third-order valence-electron chi connectivity index (χ3n) is 2.31. The van der Waals surface area contributed by atoms with Gasteiger partial charge in [0.25, 0.3) is 0 Å². The highest BCUT2D eigenvalue weighted by Gasteiger charge is 2.12. The van der Waals surface area contributed by atoms with Crippen LogP contribution in [-0.2, 0) is 16.0 Å².